The molecule has 28 heavy (non-hydrogen) atoms. The highest BCUT2D eigenvalue weighted by molar-refractivity contribution is 6.12. The summed E-state index contributed by atoms with van der Waals surface area (Å²) < 4.78 is 21.9. The van der Waals surface area contributed by atoms with Gasteiger partial charge in [0.15, 0.2) is 17.3 Å². The maximum atomic E-state index is 13.2. The van der Waals surface area contributed by atoms with Crippen LogP contribution in [0.2, 0.25) is 0 Å². The number of Topliss-reactive ketones (excluding diaryl/α,β-unsaturated/α-hetero) is 1. The van der Waals surface area contributed by atoms with E-state index in [1.807, 2.05) is 39.0 Å². The van der Waals surface area contributed by atoms with E-state index in [1.165, 1.54) is 0 Å². The molecular weight excluding hydrogens is 358 g/mol. The molecule has 0 aliphatic carbocycles. The summed E-state index contributed by atoms with van der Waals surface area (Å²) in [6, 6.07) is 8.78. The van der Waals surface area contributed by atoms with Crippen molar-refractivity contribution in [1.29, 1.82) is 0 Å². The van der Waals surface area contributed by atoms with Gasteiger partial charge in [-0.3, -0.25) is 4.79 Å². The van der Waals surface area contributed by atoms with Crippen molar-refractivity contribution in [3.8, 4) is 23.0 Å². The highest BCUT2D eigenvalue weighted by Gasteiger charge is 2.23. The van der Waals surface area contributed by atoms with Gasteiger partial charge in [0, 0.05) is 16.7 Å². The van der Waals surface area contributed by atoms with Crippen molar-refractivity contribution in [2.24, 2.45) is 5.92 Å². The van der Waals surface area contributed by atoms with Crippen molar-refractivity contribution in [1.82, 2.24) is 0 Å². The van der Waals surface area contributed by atoms with Crippen molar-refractivity contribution in [3.05, 3.63) is 47.0 Å². The van der Waals surface area contributed by atoms with Crippen LogP contribution in [0.5, 0.6) is 23.0 Å². The zero-order valence-corrected chi connectivity index (χ0v) is 16.6. The van der Waals surface area contributed by atoms with Crippen molar-refractivity contribution in [2.75, 3.05) is 26.2 Å². The van der Waals surface area contributed by atoms with Gasteiger partial charge in [-0.05, 0) is 49.2 Å². The van der Waals surface area contributed by atoms with E-state index in [-0.39, 0.29) is 18.5 Å². The minimum absolute atomic E-state index is 0.00424. The van der Waals surface area contributed by atoms with Crippen LogP contribution >= 0.6 is 0 Å². The normalized spacial score (nSPS) is 13.0. The highest BCUT2D eigenvalue weighted by atomic mass is 16.7. The maximum Gasteiger partial charge on any atom is 0.231 e. The molecule has 1 aliphatic rings. The molecule has 0 amide bonds. The molecule has 1 aliphatic heterocycles. The summed E-state index contributed by atoms with van der Waals surface area (Å²) in [7, 11) is 1.57. The second-order valence-corrected chi connectivity index (χ2v) is 6.69. The fourth-order valence-electron chi connectivity index (χ4n) is 3.09. The molecule has 0 saturated heterocycles. The summed E-state index contributed by atoms with van der Waals surface area (Å²) in [5.74, 6) is 2.21. The molecule has 6 heteroatoms. The quantitative estimate of drug-likeness (QED) is 0.436. The first-order valence-electron chi connectivity index (χ1n) is 9.21. The molecule has 2 aromatic rings. The molecule has 1 heterocycles. The summed E-state index contributed by atoms with van der Waals surface area (Å²) >= 11 is 0. The number of methoxy groups -OCH3 is 1. The van der Waals surface area contributed by atoms with Crippen LogP contribution < -0.4 is 24.7 Å². The van der Waals surface area contributed by atoms with Crippen LogP contribution in [0.25, 0.3) is 6.08 Å². The van der Waals surface area contributed by atoms with E-state index < -0.39 is 0 Å². The first-order chi connectivity index (χ1) is 13.5. The molecule has 0 saturated carbocycles. The monoisotopic (exact) mass is 383 g/mol. The molecule has 0 bridgehead atoms. The van der Waals surface area contributed by atoms with Gasteiger partial charge in [-0.15, -0.1) is 0 Å². The summed E-state index contributed by atoms with van der Waals surface area (Å²) in [4.78, 5) is 13.2. The van der Waals surface area contributed by atoms with Crippen LogP contribution in [0.15, 0.2) is 35.9 Å². The zero-order valence-electron chi connectivity index (χ0n) is 16.6. The molecule has 0 fully saturated rings. The van der Waals surface area contributed by atoms with Crippen molar-refractivity contribution >= 4 is 17.5 Å². The number of hydrogen-bond donors (Lipinski definition) is 1. The van der Waals surface area contributed by atoms with Crippen molar-refractivity contribution in [2.45, 2.75) is 20.8 Å². The molecule has 0 unspecified atom stereocenters. The molecular formula is C22H25NO5. The van der Waals surface area contributed by atoms with Crippen LogP contribution in [0, 0.1) is 5.92 Å². The average molecular weight is 383 g/mol. The molecule has 2 N–H and O–H groups in total. The van der Waals surface area contributed by atoms with Gasteiger partial charge < -0.3 is 24.7 Å². The second kappa shape index (κ2) is 8.25. The molecule has 0 atom stereocenters. The van der Waals surface area contributed by atoms with Gasteiger partial charge in [-0.25, -0.2) is 0 Å². The molecule has 148 valence electrons. The number of nitrogens with two attached hydrogens (primary N) is 1. The molecule has 0 radical (unpaired) electrons. The van der Waals surface area contributed by atoms with Crippen molar-refractivity contribution in [3.63, 3.8) is 0 Å². The predicted molar refractivity (Wildman–Crippen MR) is 108 cm³/mol. The Hall–Kier alpha value is -3.15. The van der Waals surface area contributed by atoms with E-state index in [4.69, 9.17) is 24.7 Å². The fraction of sp³-hybridized carbons (Fsp3) is 0.318. The van der Waals surface area contributed by atoms with Crippen LogP contribution in [0.1, 0.15) is 36.7 Å². The smallest absolute Gasteiger partial charge is 0.231 e. The van der Waals surface area contributed by atoms with Crippen LogP contribution in [0.3, 0.4) is 0 Å². The number of nitrogen functional groups attached to an aromatic ring is 1. The van der Waals surface area contributed by atoms with Crippen LogP contribution in [0.4, 0.5) is 5.69 Å². The van der Waals surface area contributed by atoms with Crippen LogP contribution in [-0.2, 0) is 0 Å². The third-order valence-electron chi connectivity index (χ3n) is 4.50. The number of ketones is 1. The minimum atomic E-state index is -0.0931. The van der Waals surface area contributed by atoms with E-state index in [0.717, 1.165) is 5.56 Å². The lowest BCUT2D eigenvalue weighted by molar-refractivity contribution is 0.102. The standard InChI is InChI=1S/C22H25NO5/c1-5-26-18-8-6-14(11-17(18)23)20(24)16(13(2)3)10-15-7-9-19-22(21(15)25-4)28-12-27-19/h6-11,13H,5,12,23H2,1-4H3/b16-10+. The van der Waals surface area contributed by atoms with E-state index in [2.05, 4.69) is 0 Å². The predicted octanol–water partition coefficient (Wildman–Crippen LogP) is 4.33. The Kier molecular flexibility index (Phi) is 5.78. The Morgan fingerprint density at radius 2 is 2.04 bits per heavy atom. The zero-order chi connectivity index (χ0) is 20.3. The van der Waals surface area contributed by atoms with Gasteiger partial charge in [-0.1, -0.05) is 13.8 Å². The first-order valence-corrected chi connectivity index (χ1v) is 9.21. The number of carbonyl (C=O) groups excluding carboxylic acids is 1. The Bertz CT molecular complexity index is 917. The lowest BCUT2D eigenvalue weighted by atomic mass is 9.92. The van der Waals surface area contributed by atoms with Gasteiger partial charge in [0.1, 0.15) is 5.75 Å². The topological polar surface area (TPSA) is 80.0 Å². The van der Waals surface area contributed by atoms with Crippen molar-refractivity contribution < 1.29 is 23.7 Å². The molecule has 6 nitrogen and oxygen atoms in total. The number of benzene rings is 2. The summed E-state index contributed by atoms with van der Waals surface area (Å²) in [6.07, 6.45) is 1.83. The lowest BCUT2D eigenvalue weighted by Gasteiger charge is -2.14. The van der Waals surface area contributed by atoms with Gasteiger partial charge in [0.25, 0.3) is 0 Å². The third-order valence-corrected chi connectivity index (χ3v) is 4.50. The number of fused-ring (bicyclic) bond motifs is 1. The molecule has 0 spiro atoms. The lowest BCUT2D eigenvalue weighted by Crippen LogP contribution is -2.10. The highest BCUT2D eigenvalue weighted by Crippen LogP contribution is 2.44. The number of allylic oxidation sites excluding steroid dienone is 1. The number of hydrogen-bond acceptors (Lipinski definition) is 6. The van der Waals surface area contributed by atoms with Gasteiger partial charge in [0.2, 0.25) is 12.5 Å². The van der Waals surface area contributed by atoms with E-state index in [0.29, 0.717) is 46.4 Å². The van der Waals surface area contributed by atoms with Gasteiger partial charge >= 0.3 is 0 Å². The van der Waals surface area contributed by atoms with Crippen LogP contribution in [-0.4, -0.2) is 26.3 Å². The van der Waals surface area contributed by atoms with E-state index >= 15 is 0 Å². The van der Waals surface area contributed by atoms with E-state index in [1.54, 1.807) is 25.3 Å². The Balaban J connectivity index is 2.00. The Morgan fingerprint density at radius 3 is 2.68 bits per heavy atom. The molecule has 2 aromatic carbocycles. The SMILES string of the molecule is CCOc1ccc(C(=O)/C(=C/c2ccc3c(c2OC)OCO3)C(C)C)cc1N. The summed E-state index contributed by atoms with van der Waals surface area (Å²) in [6.45, 7) is 6.50. The fourth-order valence-corrected chi connectivity index (χ4v) is 3.09. The number of anilines is 1. The number of carbonyl (C=O) groups is 1. The van der Waals surface area contributed by atoms with Gasteiger partial charge in [0.05, 0.1) is 19.4 Å². The molecule has 3 rings (SSSR count). The maximum absolute atomic E-state index is 13.2. The molecule has 0 aromatic heterocycles. The van der Waals surface area contributed by atoms with E-state index in [9.17, 15) is 4.79 Å². The average Bonchev–Trinajstić information content (AvgIpc) is 3.15. The minimum Gasteiger partial charge on any atom is -0.492 e. The Labute approximate surface area is 164 Å². The second-order valence-electron chi connectivity index (χ2n) is 6.69. The third kappa shape index (κ3) is 3.76. The Morgan fingerprint density at radius 1 is 1.25 bits per heavy atom. The summed E-state index contributed by atoms with van der Waals surface area (Å²) in [5, 5.41) is 0. The van der Waals surface area contributed by atoms with Gasteiger partial charge in [-0.2, -0.15) is 0 Å². The first kappa shape index (κ1) is 19.6. The summed E-state index contributed by atoms with van der Waals surface area (Å²) in [5.41, 5.74) is 8.38. The number of ether oxygens (including phenoxy) is 4. The largest absolute Gasteiger partial charge is 0.492 e. The number of rotatable bonds is 7.